The molecule has 0 aliphatic carbocycles. The Morgan fingerprint density at radius 1 is 1.29 bits per heavy atom. The summed E-state index contributed by atoms with van der Waals surface area (Å²) in [4.78, 5) is 2.66. The highest BCUT2D eigenvalue weighted by molar-refractivity contribution is 5.71. The van der Waals surface area contributed by atoms with Gasteiger partial charge in [-0.1, -0.05) is 35.5 Å². The zero-order valence-corrected chi connectivity index (χ0v) is 7.16. The fraction of sp³-hybridized carbons (Fsp3) is 0. The van der Waals surface area contributed by atoms with Gasteiger partial charge in [0.1, 0.15) is 0 Å². The standard InChI is InChI=1S/C9H6N4O/c10-13-12-9-8(6-11-14-9)7-4-2-1-3-5-7/h1-6H. The van der Waals surface area contributed by atoms with Crippen molar-refractivity contribution in [3.05, 3.63) is 47.0 Å². The Balaban J connectivity index is 2.52. The average molecular weight is 186 g/mol. The second-order valence-corrected chi connectivity index (χ2v) is 2.60. The first-order valence-electron chi connectivity index (χ1n) is 3.97. The summed E-state index contributed by atoms with van der Waals surface area (Å²) in [6.07, 6.45) is 1.53. The molecule has 2 rings (SSSR count). The van der Waals surface area contributed by atoms with E-state index in [0.717, 1.165) is 5.56 Å². The first-order chi connectivity index (χ1) is 6.92. The fourth-order valence-electron chi connectivity index (χ4n) is 1.16. The van der Waals surface area contributed by atoms with Gasteiger partial charge in [-0.2, -0.15) is 0 Å². The van der Waals surface area contributed by atoms with E-state index in [4.69, 9.17) is 10.1 Å². The molecule has 0 aliphatic heterocycles. The van der Waals surface area contributed by atoms with E-state index in [1.54, 1.807) is 0 Å². The van der Waals surface area contributed by atoms with Crippen LogP contribution in [0.1, 0.15) is 0 Å². The lowest BCUT2D eigenvalue weighted by Gasteiger charge is -1.94. The Hall–Kier alpha value is -2.26. The summed E-state index contributed by atoms with van der Waals surface area (Å²) >= 11 is 0. The number of nitrogens with zero attached hydrogens (tertiary/aromatic N) is 4. The molecule has 14 heavy (non-hydrogen) atoms. The smallest absolute Gasteiger partial charge is 0.230 e. The molecule has 1 heterocycles. The molecule has 0 unspecified atom stereocenters. The molecule has 0 aliphatic rings. The van der Waals surface area contributed by atoms with Crippen molar-refractivity contribution in [2.75, 3.05) is 0 Å². The molecule has 1 aromatic carbocycles. The second kappa shape index (κ2) is 3.64. The fourth-order valence-corrected chi connectivity index (χ4v) is 1.16. The highest BCUT2D eigenvalue weighted by atomic mass is 16.5. The van der Waals surface area contributed by atoms with Gasteiger partial charge < -0.3 is 4.52 Å². The van der Waals surface area contributed by atoms with Crippen LogP contribution in [0.15, 0.2) is 46.2 Å². The van der Waals surface area contributed by atoms with Crippen molar-refractivity contribution >= 4 is 5.88 Å². The van der Waals surface area contributed by atoms with E-state index in [0.29, 0.717) is 5.56 Å². The second-order valence-electron chi connectivity index (χ2n) is 2.60. The minimum absolute atomic E-state index is 0.193. The van der Waals surface area contributed by atoms with E-state index in [2.05, 4.69) is 15.2 Å². The lowest BCUT2D eigenvalue weighted by atomic mass is 10.1. The summed E-state index contributed by atoms with van der Waals surface area (Å²) in [7, 11) is 0. The van der Waals surface area contributed by atoms with Crippen molar-refractivity contribution in [2.24, 2.45) is 5.11 Å². The lowest BCUT2D eigenvalue weighted by Crippen LogP contribution is -1.71. The van der Waals surface area contributed by atoms with Crippen LogP contribution in [-0.2, 0) is 0 Å². The Morgan fingerprint density at radius 2 is 2.07 bits per heavy atom. The molecule has 0 saturated carbocycles. The maximum atomic E-state index is 8.28. The van der Waals surface area contributed by atoms with Crippen molar-refractivity contribution in [1.29, 1.82) is 0 Å². The topological polar surface area (TPSA) is 74.8 Å². The predicted octanol–water partition coefficient (Wildman–Crippen LogP) is 3.28. The number of hydrogen-bond acceptors (Lipinski definition) is 3. The van der Waals surface area contributed by atoms with E-state index < -0.39 is 0 Å². The van der Waals surface area contributed by atoms with Crippen LogP contribution in [0.25, 0.3) is 21.6 Å². The van der Waals surface area contributed by atoms with Crippen LogP contribution in [0, 0.1) is 0 Å². The van der Waals surface area contributed by atoms with Crippen molar-refractivity contribution in [2.45, 2.75) is 0 Å². The third kappa shape index (κ3) is 1.44. The van der Waals surface area contributed by atoms with Gasteiger partial charge in [-0.15, -0.1) is 0 Å². The Morgan fingerprint density at radius 3 is 2.79 bits per heavy atom. The Kier molecular flexibility index (Phi) is 2.17. The molecule has 5 nitrogen and oxygen atoms in total. The number of azide groups is 1. The molecular weight excluding hydrogens is 180 g/mol. The SMILES string of the molecule is [N-]=[N+]=Nc1oncc1-c1ccccc1. The molecule has 0 saturated heterocycles. The first-order valence-corrected chi connectivity index (χ1v) is 3.97. The minimum atomic E-state index is 0.193. The Labute approximate surface area is 79.6 Å². The summed E-state index contributed by atoms with van der Waals surface area (Å²) in [5.74, 6) is 0.193. The number of benzene rings is 1. The van der Waals surface area contributed by atoms with Crippen LogP contribution in [0.3, 0.4) is 0 Å². The van der Waals surface area contributed by atoms with Crippen LogP contribution in [-0.4, -0.2) is 5.16 Å². The van der Waals surface area contributed by atoms with Crippen LogP contribution in [0.5, 0.6) is 0 Å². The lowest BCUT2D eigenvalue weighted by molar-refractivity contribution is 0.430. The molecule has 0 N–H and O–H groups in total. The summed E-state index contributed by atoms with van der Waals surface area (Å²) < 4.78 is 4.79. The zero-order valence-electron chi connectivity index (χ0n) is 7.16. The normalized spacial score (nSPS) is 9.43. The predicted molar refractivity (Wildman–Crippen MR) is 50.7 cm³/mol. The van der Waals surface area contributed by atoms with E-state index in [1.807, 2.05) is 30.3 Å². The van der Waals surface area contributed by atoms with Gasteiger partial charge >= 0.3 is 0 Å². The zero-order chi connectivity index (χ0) is 9.80. The summed E-state index contributed by atoms with van der Waals surface area (Å²) in [6, 6.07) is 9.47. The van der Waals surface area contributed by atoms with E-state index in [-0.39, 0.29) is 5.88 Å². The average Bonchev–Trinajstić information content (AvgIpc) is 2.68. The van der Waals surface area contributed by atoms with Crippen LogP contribution < -0.4 is 0 Å². The van der Waals surface area contributed by atoms with Gasteiger partial charge in [0.25, 0.3) is 0 Å². The molecular formula is C9H6N4O. The van der Waals surface area contributed by atoms with Crippen LogP contribution in [0.2, 0.25) is 0 Å². The first kappa shape index (κ1) is 8.34. The van der Waals surface area contributed by atoms with Crippen molar-refractivity contribution in [3.63, 3.8) is 0 Å². The van der Waals surface area contributed by atoms with Crippen molar-refractivity contribution in [3.8, 4) is 11.1 Å². The number of aromatic nitrogens is 1. The van der Waals surface area contributed by atoms with Gasteiger partial charge in [-0.3, -0.25) is 0 Å². The third-order valence-electron chi connectivity index (χ3n) is 1.77. The van der Waals surface area contributed by atoms with Gasteiger partial charge in [-0.05, 0) is 16.2 Å². The number of rotatable bonds is 2. The van der Waals surface area contributed by atoms with Crippen LogP contribution >= 0.6 is 0 Å². The quantitative estimate of drug-likeness (QED) is 0.410. The molecule has 5 heteroatoms. The molecule has 0 amide bonds. The Bertz CT molecular complexity index is 471. The molecule has 0 spiro atoms. The van der Waals surface area contributed by atoms with Gasteiger partial charge in [-0.25, -0.2) is 0 Å². The maximum Gasteiger partial charge on any atom is 0.230 e. The molecule has 0 atom stereocenters. The van der Waals surface area contributed by atoms with Gasteiger partial charge in [0.15, 0.2) is 0 Å². The highest BCUT2D eigenvalue weighted by Crippen LogP contribution is 2.29. The summed E-state index contributed by atoms with van der Waals surface area (Å²) in [6.45, 7) is 0. The minimum Gasteiger partial charge on any atom is -0.354 e. The highest BCUT2D eigenvalue weighted by Gasteiger charge is 2.07. The van der Waals surface area contributed by atoms with Gasteiger partial charge in [0.2, 0.25) is 5.88 Å². The largest absolute Gasteiger partial charge is 0.354 e. The van der Waals surface area contributed by atoms with Crippen LogP contribution in [0.4, 0.5) is 5.88 Å². The van der Waals surface area contributed by atoms with Gasteiger partial charge in [0.05, 0.1) is 11.8 Å². The summed E-state index contributed by atoms with van der Waals surface area (Å²) in [5, 5.41) is 6.97. The molecule has 0 fully saturated rings. The van der Waals surface area contributed by atoms with Crippen molar-refractivity contribution in [1.82, 2.24) is 5.16 Å². The van der Waals surface area contributed by atoms with Gasteiger partial charge in [0, 0.05) is 4.91 Å². The molecule has 0 radical (unpaired) electrons. The van der Waals surface area contributed by atoms with E-state index in [9.17, 15) is 0 Å². The number of hydrogen-bond donors (Lipinski definition) is 0. The molecule has 0 bridgehead atoms. The van der Waals surface area contributed by atoms with E-state index >= 15 is 0 Å². The maximum absolute atomic E-state index is 8.28. The molecule has 1 aromatic heterocycles. The van der Waals surface area contributed by atoms with E-state index in [1.165, 1.54) is 6.20 Å². The monoisotopic (exact) mass is 186 g/mol. The van der Waals surface area contributed by atoms with Crippen molar-refractivity contribution < 1.29 is 4.52 Å². The third-order valence-corrected chi connectivity index (χ3v) is 1.77. The summed E-state index contributed by atoms with van der Waals surface area (Å²) in [5.41, 5.74) is 9.89. The molecule has 68 valence electrons. The molecule has 2 aromatic rings.